The Bertz CT molecular complexity index is 722. The number of benzene rings is 1. The molecule has 0 radical (unpaired) electrons. The number of aryl methyl sites for hydroxylation is 1. The summed E-state index contributed by atoms with van der Waals surface area (Å²) in [5.41, 5.74) is 0.697. The van der Waals surface area contributed by atoms with Gasteiger partial charge >= 0.3 is 0 Å². The molecule has 0 saturated heterocycles. The Morgan fingerprint density at radius 3 is 2.52 bits per heavy atom. The highest BCUT2D eigenvalue weighted by Gasteiger charge is 2.11. The second kappa shape index (κ2) is 6.13. The molecule has 1 heterocycles. The predicted molar refractivity (Wildman–Crippen MR) is 79.2 cm³/mol. The Morgan fingerprint density at radius 2 is 1.90 bits per heavy atom. The van der Waals surface area contributed by atoms with Gasteiger partial charge < -0.3 is 19.4 Å². The maximum absolute atomic E-state index is 12.2. The van der Waals surface area contributed by atoms with Gasteiger partial charge in [0.2, 0.25) is 5.56 Å². The van der Waals surface area contributed by atoms with Gasteiger partial charge in [0.1, 0.15) is 11.5 Å². The van der Waals surface area contributed by atoms with E-state index in [2.05, 4.69) is 5.32 Å². The van der Waals surface area contributed by atoms with Crippen LogP contribution in [0.5, 0.6) is 11.5 Å². The van der Waals surface area contributed by atoms with Crippen LogP contribution in [-0.2, 0) is 7.05 Å². The predicted octanol–water partition coefficient (Wildman–Crippen LogP) is 1.65. The van der Waals surface area contributed by atoms with Gasteiger partial charge in [-0.05, 0) is 18.2 Å². The van der Waals surface area contributed by atoms with Crippen molar-refractivity contribution in [1.82, 2.24) is 4.57 Å². The van der Waals surface area contributed by atoms with Gasteiger partial charge in [0.15, 0.2) is 0 Å². The first-order valence-electron chi connectivity index (χ1n) is 6.25. The molecule has 1 aromatic heterocycles. The number of ether oxygens (including phenoxy) is 2. The number of carbonyl (C=O) groups excluding carboxylic acids is 1. The van der Waals surface area contributed by atoms with Gasteiger partial charge in [0.25, 0.3) is 5.91 Å². The second-order valence-corrected chi connectivity index (χ2v) is 4.39. The monoisotopic (exact) mass is 288 g/mol. The zero-order chi connectivity index (χ0) is 15.4. The van der Waals surface area contributed by atoms with Crippen LogP contribution in [0.3, 0.4) is 0 Å². The van der Waals surface area contributed by atoms with E-state index in [1.54, 1.807) is 32.4 Å². The minimum atomic E-state index is -0.336. The van der Waals surface area contributed by atoms with Crippen molar-refractivity contribution < 1.29 is 14.3 Å². The number of carbonyl (C=O) groups is 1. The highest BCUT2D eigenvalue weighted by molar-refractivity contribution is 6.04. The number of hydrogen-bond donors (Lipinski definition) is 1. The van der Waals surface area contributed by atoms with Gasteiger partial charge in [-0.15, -0.1) is 0 Å². The average Bonchev–Trinajstić information content (AvgIpc) is 2.49. The van der Waals surface area contributed by atoms with Crippen molar-refractivity contribution in [3.05, 3.63) is 52.4 Å². The molecule has 6 nitrogen and oxygen atoms in total. The summed E-state index contributed by atoms with van der Waals surface area (Å²) in [6, 6.07) is 7.93. The molecule has 0 aliphatic carbocycles. The normalized spacial score (nSPS) is 10.0. The molecule has 1 aromatic carbocycles. The molecule has 0 aliphatic rings. The standard InChI is InChI=1S/C15H16N2O4/c1-17-9-10(4-7-14(17)18)15(19)16-12-8-11(20-2)5-6-13(12)21-3/h4-9H,1-3H3,(H,16,19). The van der Waals surface area contributed by atoms with Gasteiger partial charge in [-0.25, -0.2) is 0 Å². The Balaban J connectivity index is 2.30. The topological polar surface area (TPSA) is 69.6 Å². The average molecular weight is 288 g/mol. The summed E-state index contributed by atoms with van der Waals surface area (Å²) in [4.78, 5) is 23.6. The SMILES string of the molecule is COc1ccc(OC)c(NC(=O)c2ccc(=O)n(C)c2)c1. The van der Waals surface area contributed by atoms with Gasteiger partial charge in [-0.1, -0.05) is 0 Å². The molecular formula is C15H16N2O4. The van der Waals surface area contributed by atoms with E-state index in [4.69, 9.17) is 9.47 Å². The minimum absolute atomic E-state index is 0.175. The van der Waals surface area contributed by atoms with Crippen LogP contribution < -0.4 is 20.3 Å². The Hall–Kier alpha value is -2.76. The van der Waals surface area contributed by atoms with Crippen LogP contribution in [0, 0.1) is 0 Å². The van der Waals surface area contributed by atoms with Gasteiger partial charge in [-0.3, -0.25) is 9.59 Å². The van der Waals surface area contributed by atoms with Crippen LogP contribution >= 0.6 is 0 Å². The molecular weight excluding hydrogens is 272 g/mol. The van der Waals surface area contributed by atoms with E-state index in [0.717, 1.165) is 0 Å². The van der Waals surface area contributed by atoms with Crippen LogP contribution in [-0.4, -0.2) is 24.7 Å². The maximum atomic E-state index is 12.2. The molecule has 110 valence electrons. The summed E-state index contributed by atoms with van der Waals surface area (Å²) >= 11 is 0. The summed E-state index contributed by atoms with van der Waals surface area (Å²) in [6.07, 6.45) is 1.48. The van der Waals surface area contributed by atoms with E-state index < -0.39 is 0 Å². The lowest BCUT2D eigenvalue weighted by Gasteiger charge is -2.12. The molecule has 0 saturated carbocycles. The number of amides is 1. The lowest BCUT2D eigenvalue weighted by atomic mass is 10.2. The van der Waals surface area contributed by atoms with E-state index in [1.165, 1.54) is 30.0 Å². The first kappa shape index (κ1) is 14.6. The van der Waals surface area contributed by atoms with Crippen molar-refractivity contribution in [1.29, 1.82) is 0 Å². The van der Waals surface area contributed by atoms with Crippen molar-refractivity contribution in [3.8, 4) is 11.5 Å². The molecule has 0 fully saturated rings. The largest absolute Gasteiger partial charge is 0.497 e. The van der Waals surface area contributed by atoms with Crippen LogP contribution in [0.4, 0.5) is 5.69 Å². The molecule has 2 rings (SSSR count). The third-order valence-corrected chi connectivity index (χ3v) is 3.00. The van der Waals surface area contributed by atoms with Gasteiger partial charge in [0, 0.05) is 25.4 Å². The van der Waals surface area contributed by atoms with Crippen molar-refractivity contribution in [3.63, 3.8) is 0 Å². The fourth-order valence-corrected chi connectivity index (χ4v) is 1.83. The summed E-state index contributed by atoms with van der Waals surface area (Å²) in [6.45, 7) is 0. The highest BCUT2D eigenvalue weighted by atomic mass is 16.5. The molecule has 0 bridgehead atoms. The quantitative estimate of drug-likeness (QED) is 0.929. The molecule has 0 unspecified atom stereocenters. The first-order valence-corrected chi connectivity index (χ1v) is 6.25. The Morgan fingerprint density at radius 1 is 1.14 bits per heavy atom. The third kappa shape index (κ3) is 3.22. The van der Waals surface area contributed by atoms with Crippen molar-refractivity contribution in [2.45, 2.75) is 0 Å². The summed E-state index contributed by atoms with van der Waals surface area (Å²) in [5.74, 6) is 0.790. The molecule has 0 atom stereocenters. The van der Waals surface area contributed by atoms with Crippen molar-refractivity contribution >= 4 is 11.6 Å². The van der Waals surface area contributed by atoms with Crippen LogP contribution in [0.25, 0.3) is 0 Å². The van der Waals surface area contributed by atoms with Crippen LogP contribution in [0.2, 0.25) is 0 Å². The molecule has 21 heavy (non-hydrogen) atoms. The second-order valence-electron chi connectivity index (χ2n) is 4.39. The van der Waals surface area contributed by atoms with E-state index in [1.807, 2.05) is 0 Å². The van der Waals surface area contributed by atoms with E-state index in [0.29, 0.717) is 22.7 Å². The van der Waals surface area contributed by atoms with Gasteiger partial charge in [-0.2, -0.15) is 0 Å². The number of rotatable bonds is 4. The minimum Gasteiger partial charge on any atom is -0.497 e. The van der Waals surface area contributed by atoms with Crippen molar-refractivity contribution in [2.75, 3.05) is 19.5 Å². The molecule has 6 heteroatoms. The zero-order valence-electron chi connectivity index (χ0n) is 12.0. The first-order chi connectivity index (χ1) is 10.0. The smallest absolute Gasteiger partial charge is 0.257 e. The summed E-state index contributed by atoms with van der Waals surface area (Å²) in [5, 5.41) is 2.74. The molecule has 1 N–H and O–H groups in total. The van der Waals surface area contributed by atoms with E-state index >= 15 is 0 Å². The lowest BCUT2D eigenvalue weighted by Crippen LogP contribution is -2.19. The summed E-state index contributed by atoms with van der Waals surface area (Å²) < 4.78 is 11.7. The fourth-order valence-electron chi connectivity index (χ4n) is 1.83. The number of pyridine rings is 1. The number of hydrogen-bond acceptors (Lipinski definition) is 4. The van der Waals surface area contributed by atoms with E-state index in [9.17, 15) is 9.59 Å². The van der Waals surface area contributed by atoms with Crippen molar-refractivity contribution in [2.24, 2.45) is 7.05 Å². The maximum Gasteiger partial charge on any atom is 0.257 e. The van der Waals surface area contributed by atoms with E-state index in [-0.39, 0.29) is 11.5 Å². The lowest BCUT2D eigenvalue weighted by molar-refractivity contribution is 0.102. The Labute approximate surface area is 121 Å². The molecule has 2 aromatic rings. The van der Waals surface area contributed by atoms with Crippen LogP contribution in [0.1, 0.15) is 10.4 Å². The number of anilines is 1. The number of aromatic nitrogens is 1. The third-order valence-electron chi connectivity index (χ3n) is 3.00. The highest BCUT2D eigenvalue weighted by Crippen LogP contribution is 2.29. The number of methoxy groups -OCH3 is 2. The number of nitrogens with zero attached hydrogens (tertiary/aromatic N) is 1. The summed E-state index contributed by atoms with van der Waals surface area (Å²) in [7, 11) is 4.65. The Kier molecular flexibility index (Phi) is 4.27. The molecule has 0 aliphatic heterocycles. The van der Waals surface area contributed by atoms with Crippen LogP contribution in [0.15, 0.2) is 41.3 Å². The van der Waals surface area contributed by atoms with Gasteiger partial charge in [0.05, 0.1) is 25.5 Å². The molecule has 0 spiro atoms. The molecule has 1 amide bonds. The fraction of sp³-hybridized carbons (Fsp3) is 0.200. The zero-order valence-corrected chi connectivity index (χ0v) is 12.0. The number of nitrogens with one attached hydrogen (secondary N) is 1.